The summed E-state index contributed by atoms with van der Waals surface area (Å²) in [6.07, 6.45) is 1.32. The molecule has 1 aromatic rings. The number of hydrogen-bond donors (Lipinski definition) is 2. The molecule has 0 radical (unpaired) electrons. The Morgan fingerprint density at radius 3 is 2.57 bits per heavy atom. The number of aliphatic carboxylic acids is 1. The van der Waals surface area contributed by atoms with Crippen LogP contribution >= 0.6 is 11.6 Å². The number of rotatable bonds is 7. The number of nitrogens with one attached hydrogen (secondary N) is 1. The van der Waals surface area contributed by atoms with Crippen molar-refractivity contribution in [3.8, 4) is 0 Å². The summed E-state index contributed by atoms with van der Waals surface area (Å²) in [7, 11) is 0. The van der Waals surface area contributed by atoms with Crippen LogP contribution < -0.4 is 5.32 Å². The molecular formula is C16H22ClNO3. The minimum absolute atomic E-state index is 0.145. The third kappa shape index (κ3) is 4.74. The molecule has 1 unspecified atom stereocenters. The van der Waals surface area contributed by atoms with Crippen LogP contribution in [0.1, 0.15) is 39.2 Å². The molecule has 1 rings (SSSR count). The Hall–Kier alpha value is -1.55. The van der Waals surface area contributed by atoms with Gasteiger partial charge in [-0.3, -0.25) is 9.59 Å². The maximum absolute atomic E-state index is 12.4. The van der Waals surface area contributed by atoms with Gasteiger partial charge in [-0.25, -0.2) is 0 Å². The highest BCUT2D eigenvalue weighted by Gasteiger charge is 2.30. The molecule has 0 fully saturated rings. The van der Waals surface area contributed by atoms with Crippen LogP contribution in [-0.2, 0) is 15.0 Å². The second kappa shape index (κ2) is 7.46. The van der Waals surface area contributed by atoms with Crippen LogP contribution in [0.3, 0.4) is 0 Å². The average Bonchev–Trinajstić information content (AvgIpc) is 2.42. The van der Waals surface area contributed by atoms with Crippen molar-refractivity contribution in [2.75, 3.05) is 6.54 Å². The molecule has 1 aromatic carbocycles. The zero-order valence-electron chi connectivity index (χ0n) is 12.6. The summed E-state index contributed by atoms with van der Waals surface area (Å²) in [5, 5.41) is 12.4. The highest BCUT2D eigenvalue weighted by Crippen LogP contribution is 2.25. The molecule has 4 nitrogen and oxygen atoms in total. The lowest BCUT2D eigenvalue weighted by Crippen LogP contribution is -2.43. The molecule has 5 heteroatoms. The first kappa shape index (κ1) is 17.5. The van der Waals surface area contributed by atoms with Crippen LogP contribution in [0.2, 0.25) is 5.02 Å². The zero-order valence-corrected chi connectivity index (χ0v) is 13.4. The largest absolute Gasteiger partial charge is 0.481 e. The Bertz CT molecular complexity index is 514. The second-order valence-corrected chi connectivity index (χ2v) is 6.11. The molecular weight excluding hydrogens is 290 g/mol. The number of amides is 1. The van der Waals surface area contributed by atoms with E-state index in [0.29, 0.717) is 11.4 Å². The highest BCUT2D eigenvalue weighted by molar-refractivity contribution is 6.30. The van der Waals surface area contributed by atoms with Gasteiger partial charge in [0.25, 0.3) is 0 Å². The van der Waals surface area contributed by atoms with E-state index in [1.165, 1.54) is 0 Å². The molecule has 0 aromatic heterocycles. The van der Waals surface area contributed by atoms with Crippen LogP contribution in [0.15, 0.2) is 24.3 Å². The van der Waals surface area contributed by atoms with Gasteiger partial charge in [0.2, 0.25) is 5.91 Å². The summed E-state index contributed by atoms with van der Waals surface area (Å²) in [6, 6.07) is 7.14. The van der Waals surface area contributed by atoms with Gasteiger partial charge < -0.3 is 10.4 Å². The highest BCUT2D eigenvalue weighted by atomic mass is 35.5. The minimum Gasteiger partial charge on any atom is -0.481 e. The maximum atomic E-state index is 12.4. The van der Waals surface area contributed by atoms with E-state index < -0.39 is 17.3 Å². The topological polar surface area (TPSA) is 66.4 Å². The molecule has 116 valence electrons. The van der Waals surface area contributed by atoms with Crippen LogP contribution in [0.5, 0.6) is 0 Å². The third-order valence-electron chi connectivity index (χ3n) is 3.61. The molecule has 1 atom stereocenters. The van der Waals surface area contributed by atoms with Crippen molar-refractivity contribution >= 4 is 23.5 Å². The van der Waals surface area contributed by atoms with Crippen molar-refractivity contribution in [1.82, 2.24) is 5.32 Å². The van der Waals surface area contributed by atoms with Gasteiger partial charge in [0, 0.05) is 11.6 Å². The van der Waals surface area contributed by atoms with E-state index in [1.807, 2.05) is 13.0 Å². The first-order valence-electron chi connectivity index (χ1n) is 7.06. The van der Waals surface area contributed by atoms with Crippen molar-refractivity contribution in [1.29, 1.82) is 0 Å². The Morgan fingerprint density at radius 1 is 1.38 bits per heavy atom. The lowest BCUT2D eigenvalue weighted by atomic mass is 9.83. The Labute approximate surface area is 130 Å². The normalized spacial score (nSPS) is 12.8. The van der Waals surface area contributed by atoms with Crippen LogP contribution in [-0.4, -0.2) is 23.5 Å². The third-order valence-corrected chi connectivity index (χ3v) is 3.84. The van der Waals surface area contributed by atoms with Crippen molar-refractivity contribution in [3.05, 3.63) is 34.9 Å². The van der Waals surface area contributed by atoms with Gasteiger partial charge in [0.15, 0.2) is 0 Å². The standard InChI is InChI=1S/C16H22ClNO3/c1-4-6-11(14(19)20)10-18-15(21)16(2,3)12-7-5-8-13(17)9-12/h5,7-9,11H,4,6,10H2,1-3H3,(H,18,21)(H,19,20). The van der Waals surface area contributed by atoms with Gasteiger partial charge in [-0.2, -0.15) is 0 Å². The first-order chi connectivity index (χ1) is 9.78. The molecule has 0 saturated heterocycles. The molecule has 2 N–H and O–H groups in total. The van der Waals surface area contributed by atoms with Crippen molar-refractivity contribution in [2.24, 2.45) is 5.92 Å². The van der Waals surface area contributed by atoms with Crippen LogP contribution in [0.4, 0.5) is 0 Å². The molecule has 1 amide bonds. The molecule has 0 aliphatic carbocycles. The van der Waals surface area contributed by atoms with Gasteiger partial charge in [-0.1, -0.05) is 37.1 Å². The van der Waals surface area contributed by atoms with Crippen LogP contribution in [0, 0.1) is 5.92 Å². The summed E-state index contributed by atoms with van der Waals surface area (Å²) in [6.45, 7) is 5.66. The fourth-order valence-electron chi connectivity index (χ4n) is 2.11. The summed E-state index contributed by atoms with van der Waals surface area (Å²) in [5.41, 5.74) is 0.0371. The van der Waals surface area contributed by atoms with Crippen molar-refractivity contribution in [2.45, 2.75) is 39.0 Å². The van der Waals surface area contributed by atoms with Crippen LogP contribution in [0.25, 0.3) is 0 Å². The molecule has 0 aliphatic rings. The fraction of sp³-hybridized carbons (Fsp3) is 0.500. The van der Waals surface area contributed by atoms with E-state index in [0.717, 1.165) is 12.0 Å². The van der Waals surface area contributed by atoms with E-state index in [-0.39, 0.29) is 12.5 Å². The number of carboxylic acids is 1. The minimum atomic E-state index is -0.877. The number of carbonyl (C=O) groups excluding carboxylic acids is 1. The predicted octanol–water partition coefficient (Wildman–Crippen LogP) is 3.23. The second-order valence-electron chi connectivity index (χ2n) is 5.67. The van der Waals surface area contributed by atoms with Gasteiger partial charge in [0.1, 0.15) is 0 Å². The molecule has 0 heterocycles. The zero-order chi connectivity index (χ0) is 16.0. The lowest BCUT2D eigenvalue weighted by molar-refractivity contribution is -0.142. The Morgan fingerprint density at radius 2 is 2.05 bits per heavy atom. The Kier molecular flexibility index (Phi) is 6.21. The lowest BCUT2D eigenvalue weighted by Gasteiger charge is -2.25. The average molecular weight is 312 g/mol. The van der Waals surface area contributed by atoms with E-state index in [2.05, 4.69) is 5.32 Å². The fourth-order valence-corrected chi connectivity index (χ4v) is 2.30. The van der Waals surface area contributed by atoms with Crippen molar-refractivity contribution < 1.29 is 14.7 Å². The van der Waals surface area contributed by atoms with Gasteiger partial charge in [0.05, 0.1) is 11.3 Å². The first-order valence-corrected chi connectivity index (χ1v) is 7.44. The summed E-state index contributed by atoms with van der Waals surface area (Å²) in [4.78, 5) is 23.5. The smallest absolute Gasteiger partial charge is 0.308 e. The van der Waals surface area contributed by atoms with Gasteiger partial charge in [-0.15, -0.1) is 0 Å². The van der Waals surface area contributed by atoms with Gasteiger partial charge >= 0.3 is 5.97 Å². The number of carbonyl (C=O) groups is 2. The molecule has 0 saturated carbocycles. The van der Waals surface area contributed by atoms with E-state index in [4.69, 9.17) is 16.7 Å². The van der Waals surface area contributed by atoms with Gasteiger partial charge in [-0.05, 0) is 38.0 Å². The molecule has 0 spiro atoms. The van der Waals surface area contributed by atoms with E-state index in [1.54, 1.807) is 32.0 Å². The molecule has 0 bridgehead atoms. The number of hydrogen-bond acceptors (Lipinski definition) is 2. The number of halogens is 1. The quantitative estimate of drug-likeness (QED) is 0.812. The predicted molar refractivity (Wildman–Crippen MR) is 83.5 cm³/mol. The molecule has 21 heavy (non-hydrogen) atoms. The van der Waals surface area contributed by atoms with E-state index in [9.17, 15) is 9.59 Å². The van der Waals surface area contributed by atoms with Crippen molar-refractivity contribution in [3.63, 3.8) is 0 Å². The maximum Gasteiger partial charge on any atom is 0.308 e. The monoisotopic (exact) mass is 311 g/mol. The summed E-state index contributed by atoms with van der Waals surface area (Å²) < 4.78 is 0. The van der Waals surface area contributed by atoms with E-state index >= 15 is 0 Å². The molecule has 0 aliphatic heterocycles. The summed E-state index contributed by atoms with van der Waals surface area (Å²) in [5.74, 6) is -1.63. The summed E-state index contributed by atoms with van der Waals surface area (Å²) >= 11 is 5.96. The SMILES string of the molecule is CCCC(CNC(=O)C(C)(C)c1cccc(Cl)c1)C(=O)O. The number of benzene rings is 1. The Balaban J connectivity index is 2.75. The number of carboxylic acid groups (broad SMARTS) is 1.